The molecule has 0 atom stereocenters. The summed E-state index contributed by atoms with van der Waals surface area (Å²) < 4.78 is 10.6. The summed E-state index contributed by atoms with van der Waals surface area (Å²) in [4.78, 5) is 0. The molecule has 1 N–H and O–H groups in total. The van der Waals surface area contributed by atoms with Gasteiger partial charge in [0.15, 0.2) is 0 Å². The second kappa shape index (κ2) is 7.50. The Morgan fingerprint density at radius 3 is 2.08 bits per heavy atom. The van der Waals surface area contributed by atoms with Gasteiger partial charge in [0.1, 0.15) is 0 Å². The summed E-state index contributed by atoms with van der Waals surface area (Å²) in [6.45, 7) is 2.18. The fraction of sp³-hybridized carbons (Fsp3) is 1.00. The zero-order valence-electron chi connectivity index (χ0n) is 9.01. The predicted molar refractivity (Wildman–Crippen MR) is 55.8 cm³/mol. The lowest BCUT2D eigenvalue weighted by Gasteiger charge is -2.24. The van der Waals surface area contributed by atoms with Gasteiger partial charge in [-0.1, -0.05) is 32.6 Å². The number of aliphatic hydroxyl groups excluding tert-OH is 1. The maximum Gasteiger partial charge on any atom is 0.363 e. The van der Waals surface area contributed by atoms with Gasteiger partial charge in [-0.3, -0.25) is 0 Å². The van der Waals surface area contributed by atoms with Gasteiger partial charge in [-0.2, -0.15) is 0 Å². The van der Waals surface area contributed by atoms with E-state index >= 15 is 0 Å². The number of rotatable bonds is 8. The summed E-state index contributed by atoms with van der Waals surface area (Å²) in [5, 5.41) is 9.14. The van der Waals surface area contributed by atoms with Crippen molar-refractivity contribution in [1.29, 1.82) is 0 Å². The zero-order valence-corrected chi connectivity index (χ0v) is 10.0. The van der Waals surface area contributed by atoms with Crippen LogP contribution in [0.15, 0.2) is 0 Å². The lowest BCUT2D eigenvalue weighted by molar-refractivity contribution is 0.195. The Morgan fingerprint density at radius 2 is 1.69 bits per heavy atom. The molecule has 0 unspecified atom stereocenters. The van der Waals surface area contributed by atoms with Crippen LogP contribution >= 0.6 is 0 Å². The molecule has 0 heterocycles. The lowest BCUT2D eigenvalue weighted by Crippen LogP contribution is -2.44. The molecular weight excluding hydrogens is 184 g/mol. The largest absolute Gasteiger partial charge is 0.396 e. The van der Waals surface area contributed by atoms with Crippen LogP contribution in [0.2, 0.25) is 6.04 Å². The lowest BCUT2D eigenvalue weighted by atomic mass is 10.2. The van der Waals surface area contributed by atoms with E-state index in [9.17, 15) is 0 Å². The van der Waals surface area contributed by atoms with Crippen molar-refractivity contribution < 1.29 is 14.0 Å². The fourth-order valence-electron chi connectivity index (χ4n) is 1.32. The average molecular weight is 206 g/mol. The van der Waals surface area contributed by atoms with Crippen molar-refractivity contribution in [3.05, 3.63) is 0 Å². The molecule has 0 bridgehead atoms. The summed E-state index contributed by atoms with van der Waals surface area (Å²) in [7, 11) is 1.05. The average Bonchev–Trinajstić information content (AvgIpc) is 2.20. The van der Waals surface area contributed by atoms with Crippen LogP contribution in [0.25, 0.3) is 0 Å². The smallest absolute Gasteiger partial charge is 0.363 e. The van der Waals surface area contributed by atoms with Gasteiger partial charge in [0.05, 0.1) is 6.23 Å². The van der Waals surface area contributed by atoms with Crippen LogP contribution in [0.5, 0.6) is 0 Å². The summed E-state index contributed by atoms with van der Waals surface area (Å²) >= 11 is 0. The van der Waals surface area contributed by atoms with E-state index in [2.05, 4.69) is 6.92 Å². The topological polar surface area (TPSA) is 38.7 Å². The third-order valence-electron chi connectivity index (χ3n) is 2.40. The molecule has 0 rings (SSSR count). The van der Waals surface area contributed by atoms with Crippen LogP contribution < -0.4 is 0 Å². The van der Waals surface area contributed by atoms with E-state index in [-0.39, 0.29) is 6.23 Å². The SMILES string of the molecule is CCCCCC[Si](CO)(OC)OC. The van der Waals surface area contributed by atoms with Gasteiger partial charge in [-0.25, -0.2) is 0 Å². The Hall–Kier alpha value is 0.0969. The third kappa shape index (κ3) is 4.76. The number of hydrogen-bond acceptors (Lipinski definition) is 3. The van der Waals surface area contributed by atoms with Crippen molar-refractivity contribution in [3.63, 3.8) is 0 Å². The van der Waals surface area contributed by atoms with Crippen molar-refractivity contribution in [3.8, 4) is 0 Å². The highest BCUT2D eigenvalue weighted by Crippen LogP contribution is 2.16. The Balaban J connectivity index is 3.68. The second-order valence-corrected chi connectivity index (χ2v) is 6.74. The van der Waals surface area contributed by atoms with Crippen molar-refractivity contribution >= 4 is 8.56 Å². The van der Waals surface area contributed by atoms with E-state index in [0.717, 1.165) is 12.5 Å². The van der Waals surface area contributed by atoms with Crippen molar-refractivity contribution in [2.75, 3.05) is 20.4 Å². The molecule has 0 saturated heterocycles. The summed E-state index contributed by atoms with van der Waals surface area (Å²) in [6.07, 6.45) is 4.85. The first-order valence-corrected chi connectivity index (χ1v) is 7.19. The van der Waals surface area contributed by atoms with Gasteiger partial charge in [-0.05, 0) is 6.04 Å². The van der Waals surface area contributed by atoms with Gasteiger partial charge < -0.3 is 14.0 Å². The maximum atomic E-state index is 9.14. The molecule has 0 aliphatic carbocycles. The monoisotopic (exact) mass is 206 g/mol. The first-order chi connectivity index (χ1) is 6.24. The van der Waals surface area contributed by atoms with Gasteiger partial charge in [0.2, 0.25) is 0 Å². The molecule has 0 amide bonds. The van der Waals surface area contributed by atoms with Gasteiger partial charge in [0.25, 0.3) is 0 Å². The number of hydrogen-bond donors (Lipinski definition) is 1. The molecule has 0 aromatic rings. The van der Waals surface area contributed by atoms with E-state index in [0.29, 0.717) is 0 Å². The molecule has 0 saturated carbocycles. The van der Waals surface area contributed by atoms with Gasteiger partial charge >= 0.3 is 8.56 Å². The molecular formula is C9H22O3Si. The van der Waals surface area contributed by atoms with Crippen molar-refractivity contribution in [2.24, 2.45) is 0 Å². The van der Waals surface area contributed by atoms with Crippen LogP contribution in [0.4, 0.5) is 0 Å². The molecule has 13 heavy (non-hydrogen) atoms. The second-order valence-electron chi connectivity index (χ2n) is 3.29. The van der Waals surface area contributed by atoms with E-state index in [4.69, 9.17) is 14.0 Å². The van der Waals surface area contributed by atoms with Crippen LogP contribution in [0.3, 0.4) is 0 Å². The molecule has 0 aromatic carbocycles. The molecule has 4 heteroatoms. The third-order valence-corrected chi connectivity index (χ3v) is 5.48. The zero-order chi connectivity index (χ0) is 10.2. The summed E-state index contributed by atoms with van der Waals surface area (Å²) in [5.74, 6) is 0. The highest BCUT2D eigenvalue weighted by atomic mass is 28.4. The molecule has 0 fully saturated rings. The van der Waals surface area contributed by atoms with E-state index in [1.807, 2.05) is 0 Å². The first-order valence-electron chi connectivity index (χ1n) is 4.96. The minimum Gasteiger partial charge on any atom is -0.396 e. The highest BCUT2D eigenvalue weighted by Gasteiger charge is 2.33. The minimum absolute atomic E-state index is 0.0616. The summed E-state index contributed by atoms with van der Waals surface area (Å²) in [6, 6.07) is 0.899. The normalized spacial score (nSPS) is 12.0. The Bertz CT molecular complexity index is 107. The Morgan fingerprint density at radius 1 is 1.08 bits per heavy atom. The molecule has 80 valence electrons. The van der Waals surface area contributed by atoms with E-state index < -0.39 is 8.56 Å². The number of unbranched alkanes of at least 4 members (excludes halogenated alkanes) is 3. The quantitative estimate of drug-likeness (QED) is 0.486. The van der Waals surface area contributed by atoms with Gasteiger partial charge in [-0.15, -0.1) is 0 Å². The van der Waals surface area contributed by atoms with Crippen molar-refractivity contribution in [2.45, 2.75) is 38.7 Å². The Labute approximate surface area is 82.3 Å². The molecule has 0 spiro atoms. The predicted octanol–water partition coefficient (Wildman–Crippen LogP) is 1.83. The van der Waals surface area contributed by atoms with Crippen LogP contribution in [-0.4, -0.2) is 34.1 Å². The standard InChI is InChI=1S/C9H22O3Si/c1-4-5-6-7-8-13(9-10,11-2)12-3/h10H,4-9H2,1-3H3. The maximum absolute atomic E-state index is 9.14. The minimum atomic E-state index is -2.21. The first kappa shape index (κ1) is 13.1. The molecule has 0 radical (unpaired) electrons. The van der Waals surface area contributed by atoms with Gasteiger partial charge in [0, 0.05) is 14.2 Å². The van der Waals surface area contributed by atoms with E-state index in [1.54, 1.807) is 14.2 Å². The van der Waals surface area contributed by atoms with Crippen LogP contribution in [0, 0.1) is 0 Å². The highest BCUT2D eigenvalue weighted by molar-refractivity contribution is 6.67. The molecule has 3 nitrogen and oxygen atoms in total. The van der Waals surface area contributed by atoms with Crippen LogP contribution in [0.1, 0.15) is 32.6 Å². The van der Waals surface area contributed by atoms with E-state index in [1.165, 1.54) is 19.3 Å². The fourth-order valence-corrected chi connectivity index (χ4v) is 3.10. The Kier molecular flexibility index (Phi) is 7.55. The molecule has 0 aromatic heterocycles. The molecule has 0 aliphatic heterocycles. The van der Waals surface area contributed by atoms with Crippen molar-refractivity contribution in [1.82, 2.24) is 0 Å². The summed E-state index contributed by atoms with van der Waals surface area (Å²) in [5.41, 5.74) is 0. The molecule has 0 aliphatic rings. The number of aliphatic hydroxyl groups is 1. The van der Waals surface area contributed by atoms with Crippen LogP contribution in [-0.2, 0) is 8.85 Å².